The van der Waals surface area contributed by atoms with E-state index < -0.39 is 17.7 Å². The summed E-state index contributed by atoms with van der Waals surface area (Å²) in [6.07, 6.45) is 14.2. The number of nitrogens with one attached hydrogen (secondary N) is 1. The van der Waals surface area contributed by atoms with Gasteiger partial charge in [-0.25, -0.2) is 4.79 Å². The molecular formula is C62H68N2O5. The maximum Gasteiger partial charge on any atom is 0.407 e. The number of rotatable bonds is 16. The van der Waals surface area contributed by atoms with Crippen LogP contribution in [0.2, 0.25) is 0 Å². The topological polar surface area (TPSA) is 84.9 Å². The summed E-state index contributed by atoms with van der Waals surface area (Å²) in [5.41, 5.74) is 10.9. The lowest BCUT2D eigenvalue weighted by Gasteiger charge is -2.36. The Labute approximate surface area is 409 Å². The quantitative estimate of drug-likeness (QED) is 0.0594. The number of hydrogen-bond acceptors (Lipinski definition) is 5. The zero-order chi connectivity index (χ0) is 47.4. The van der Waals surface area contributed by atoms with Crippen LogP contribution in [0.25, 0.3) is 11.1 Å². The number of hydrogen-bond donors (Lipinski definition) is 1. The predicted octanol–water partition coefficient (Wildman–Crippen LogP) is 13.5. The summed E-state index contributed by atoms with van der Waals surface area (Å²) in [6, 6.07) is 51.5. The summed E-state index contributed by atoms with van der Waals surface area (Å²) < 4.78 is 12.8. The number of carbonyl (C=O) groups is 3. The second kappa shape index (κ2) is 22.8. The molecule has 1 saturated carbocycles. The summed E-state index contributed by atoms with van der Waals surface area (Å²) in [7, 11) is 0. The molecule has 2 fully saturated rings. The van der Waals surface area contributed by atoms with Crippen molar-refractivity contribution in [3.05, 3.63) is 202 Å². The van der Waals surface area contributed by atoms with Gasteiger partial charge in [-0.15, -0.1) is 0 Å². The second-order valence-electron chi connectivity index (χ2n) is 19.6. The first kappa shape index (κ1) is 47.6. The van der Waals surface area contributed by atoms with Gasteiger partial charge in [-0.2, -0.15) is 0 Å². The van der Waals surface area contributed by atoms with Gasteiger partial charge in [0.05, 0.1) is 0 Å². The van der Waals surface area contributed by atoms with Gasteiger partial charge in [-0.05, 0) is 109 Å². The lowest BCUT2D eigenvalue weighted by Crippen LogP contribution is -2.51. The molecule has 7 heteroatoms. The third-order valence-electron chi connectivity index (χ3n) is 15.0. The van der Waals surface area contributed by atoms with E-state index in [9.17, 15) is 14.4 Å². The fourth-order valence-electron chi connectivity index (χ4n) is 11.4. The predicted molar refractivity (Wildman–Crippen MR) is 275 cm³/mol. The average molecular weight is 921 g/mol. The SMILES string of the molecule is Cc1ccccc1C(OC(=O)CCCCc1cccc(C[C@H](NC(=O)OCC2c3ccccc3-c3ccccc32)C(=O)N2CCCCC2)c1)(c1ccccc1)c1ccc(C2CCCCCCC2)cc1. The standard InChI is InChI=1S/C62H68N2O5/c1-45-22-11-17-34-57(45)62(50-28-9-5-10-29-50,51-38-36-49(37-39-51)48-26-7-3-2-4-8-27-48)69-59(65)35-18-12-23-46-24-21-25-47(42-46)43-58(60(66)64-40-19-6-20-41-64)63-61(67)68-44-56-54-32-15-13-30-52(54)53-31-14-16-33-55(53)56/h5,9-11,13-17,21-22,24-25,28-34,36-39,42,48,56,58H,2-4,6-8,12,18-20,23,26-27,35,40-41,43-44H2,1H3,(H,63,67)/t58-,62?/m0/s1. The minimum atomic E-state index is -1.12. The maximum absolute atomic E-state index is 14.3. The number of carbonyl (C=O) groups excluding carboxylic acids is 3. The van der Waals surface area contributed by atoms with E-state index in [1.54, 1.807) is 0 Å². The molecule has 3 aliphatic rings. The van der Waals surface area contributed by atoms with Gasteiger partial charge in [0.25, 0.3) is 0 Å². The Kier molecular flexibility index (Phi) is 15.7. The molecule has 69 heavy (non-hydrogen) atoms. The normalized spacial score (nSPS) is 16.5. The summed E-state index contributed by atoms with van der Waals surface area (Å²) in [4.78, 5) is 43.9. The van der Waals surface area contributed by atoms with E-state index in [1.165, 1.54) is 61.6 Å². The van der Waals surface area contributed by atoms with Crippen LogP contribution in [0.4, 0.5) is 4.79 Å². The van der Waals surface area contributed by atoms with Gasteiger partial charge in [0.1, 0.15) is 12.6 Å². The Morgan fingerprint density at radius 3 is 1.96 bits per heavy atom. The van der Waals surface area contributed by atoms with E-state index >= 15 is 0 Å². The number of alkyl carbamates (subject to hydrolysis) is 1. The molecule has 1 aliphatic heterocycles. The Morgan fingerprint density at radius 1 is 0.638 bits per heavy atom. The van der Waals surface area contributed by atoms with E-state index in [1.807, 2.05) is 71.6 Å². The minimum absolute atomic E-state index is 0.0738. The van der Waals surface area contributed by atoms with E-state index in [0.717, 1.165) is 76.6 Å². The Balaban J connectivity index is 0.860. The fourth-order valence-corrected chi connectivity index (χ4v) is 11.4. The maximum atomic E-state index is 14.3. The highest BCUT2D eigenvalue weighted by Gasteiger charge is 2.42. The number of benzene rings is 6. The minimum Gasteiger partial charge on any atom is -0.449 e. The molecule has 6 aromatic carbocycles. The molecule has 0 bridgehead atoms. The van der Waals surface area contributed by atoms with Crippen LogP contribution in [-0.4, -0.2) is 48.6 Å². The van der Waals surface area contributed by atoms with Gasteiger partial charge in [-0.1, -0.05) is 184 Å². The second-order valence-corrected chi connectivity index (χ2v) is 19.6. The third kappa shape index (κ3) is 11.2. The molecule has 9 rings (SSSR count). The zero-order valence-electron chi connectivity index (χ0n) is 40.4. The van der Waals surface area contributed by atoms with E-state index in [4.69, 9.17) is 9.47 Å². The lowest BCUT2D eigenvalue weighted by atomic mass is 9.77. The molecule has 1 heterocycles. The number of fused-ring (bicyclic) bond motifs is 3. The molecule has 2 aliphatic carbocycles. The van der Waals surface area contributed by atoms with Crippen molar-refractivity contribution < 1.29 is 23.9 Å². The van der Waals surface area contributed by atoms with Crippen molar-refractivity contribution >= 4 is 18.0 Å². The molecular weight excluding hydrogens is 853 g/mol. The molecule has 2 amide bonds. The Bertz CT molecular complexity index is 2620. The van der Waals surface area contributed by atoms with Crippen LogP contribution in [0, 0.1) is 6.92 Å². The summed E-state index contributed by atoms with van der Waals surface area (Å²) in [5, 5.41) is 2.99. The van der Waals surface area contributed by atoms with Crippen molar-refractivity contribution in [1.82, 2.24) is 10.2 Å². The van der Waals surface area contributed by atoms with E-state index in [-0.39, 0.29) is 30.8 Å². The first-order valence-electron chi connectivity index (χ1n) is 25.8. The van der Waals surface area contributed by atoms with Gasteiger partial charge in [0.15, 0.2) is 5.60 Å². The first-order valence-corrected chi connectivity index (χ1v) is 25.8. The fraction of sp³-hybridized carbons (Fsp3) is 0.371. The highest BCUT2D eigenvalue weighted by atomic mass is 16.6. The van der Waals surface area contributed by atoms with Crippen LogP contribution in [0.15, 0.2) is 152 Å². The monoisotopic (exact) mass is 921 g/mol. The number of esters is 1. The van der Waals surface area contributed by atoms with Gasteiger partial charge < -0.3 is 19.7 Å². The largest absolute Gasteiger partial charge is 0.449 e. The molecule has 0 radical (unpaired) electrons. The van der Waals surface area contributed by atoms with Crippen LogP contribution in [-0.2, 0) is 37.5 Å². The van der Waals surface area contributed by atoms with Crippen molar-refractivity contribution in [1.29, 1.82) is 0 Å². The lowest BCUT2D eigenvalue weighted by molar-refractivity contribution is -0.153. The molecule has 1 N–H and O–H groups in total. The molecule has 1 unspecified atom stereocenters. The van der Waals surface area contributed by atoms with Gasteiger partial charge in [0.2, 0.25) is 5.91 Å². The smallest absolute Gasteiger partial charge is 0.407 e. The van der Waals surface area contributed by atoms with Crippen molar-refractivity contribution in [2.24, 2.45) is 0 Å². The molecule has 2 atom stereocenters. The number of ether oxygens (including phenoxy) is 2. The number of aryl methyl sites for hydroxylation is 2. The molecule has 7 nitrogen and oxygen atoms in total. The van der Waals surface area contributed by atoms with Crippen molar-refractivity contribution in [3.8, 4) is 11.1 Å². The van der Waals surface area contributed by atoms with Crippen LogP contribution >= 0.6 is 0 Å². The van der Waals surface area contributed by atoms with Crippen LogP contribution < -0.4 is 5.32 Å². The molecule has 356 valence electrons. The molecule has 0 spiro atoms. The number of amides is 2. The molecule has 0 aromatic heterocycles. The van der Waals surface area contributed by atoms with E-state index in [2.05, 4.69) is 97.2 Å². The van der Waals surface area contributed by atoms with E-state index in [0.29, 0.717) is 31.8 Å². The molecule has 6 aromatic rings. The average Bonchev–Trinajstić information content (AvgIpc) is 3.70. The van der Waals surface area contributed by atoms with Crippen LogP contribution in [0.5, 0.6) is 0 Å². The van der Waals surface area contributed by atoms with Gasteiger partial charge >= 0.3 is 12.1 Å². The van der Waals surface area contributed by atoms with Crippen molar-refractivity contribution in [3.63, 3.8) is 0 Å². The summed E-state index contributed by atoms with van der Waals surface area (Å²) >= 11 is 0. The number of piperidine rings is 1. The number of nitrogens with zero attached hydrogens (tertiary/aromatic N) is 1. The molecule has 1 saturated heterocycles. The van der Waals surface area contributed by atoms with Crippen molar-refractivity contribution in [2.75, 3.05) is 19.7 Å². The first-order chi connectivity index (χ1) is 33.9. The van der Waals surface area contributed by atoms with Crippen LogP contribution in [0.3, 0.4) is 0 Å². The van der Waals surface area contributed by atoms with Crippen molar-refractivity contribution in [2.45, 2.75) is 127 Å². The van der Waals surface area contributed by atoms with Crippen LogP contribution in [0.1, 0.15) is 145 Å². The summed E-state index contributed by atoms with van der Waals surface area (Å²) in [5.74, 6) is 0.171. The summed E-state index contributed by atoms with van der Waals surface area (Å²) in [6.45, 7) is 3.66. The number of unbranched alkanes of at least 4 members (excludes halogenated alkanes) is 1. The Hall–Kier alpha value is -6.47. The van der Waals surface area contributed by atoms with Gasteiger partial charge in [0, 0.05) is 48.5 Å². The highest BCUT2D eigenvalue weighted by Crippen LogP contribution is 2.45. The third-order valence-corrected chi connectivity index (χ3v) is 15.0. The van der Waals surface area contributed by atoms with Gasteiger partial charge in [-0.3, -0.25) is 9.59 Å². The zero-order valence-corrected chi connectivity index (χ0v) is 40.4. The highest BCUT2D eigenvalue weighted by molar-refractivity contribution is 5.86. The number of likely N-dealkylation sites (tertiary alicyclic amines) is 1. The Morgan fingerprint density at radius 2 is 1.25 bits per heavy atom.